The monoisotopic (exact) mass is 378 g/mol. The van der Waals surface area contributed by atoms with Crippen molar-refractivity contribution in [3.05, 3.63) is 69.2 Å². The zero-order valence-electron chi connectivity index (χ0n) is 10.6. The molecule has 0 fully saturated rings. The summed E-state index contributed by atoms with van der Waals surface area (Å²) in [5, 5.41) is -0.0270. The molecule has 21 heavy (non-hydrogen) atoms. The zero-order chi connectivity index (χ0) is 15.0. The zero-order valence-corrected chi connectivity index (χ0v) is 13.8. The number of hydrogen-bond donors (Lipinski definition) is 0. The molecule has 0 aliphatic heterocycles. The van der Waals surface area contributed by atoms with E-state index in [1.165, 1.54) is 17.8 Å². The predicted molar refractivity (Wildman–Crippen MR) is 87.3 cm³/mol. The molecule has 0 radical (unpaired) electrons. The molecule has 3 rings (SSSR count). The Bertz CT molecular complexity index is 781. The van der Waals surface area contributed by atoms with Crippen LogP contribution in [0.2, 0.25) is 0 Å². The minimum Gasteiger partial charge on any atom is -0.289 e. The third-order valence-corrected chi connectivity index (χ3v) is 4.83. The van der Waals surface area contributed by atoms with Gasteiger partial charge in [0.15, 0.2) is 5.78 Å². The van der Waals surface area contributed by atoms with Crippen LogP contribution in [-0.4, -0.2) is 11.6 Å². The first kappa shape index (κ1) is 14.6. The Morgan fingerprint density at radius 2 is 1.57 bits per heavy atom. The molecular weight excluding hydrogens is 372 g/mol. The summed E-state index contributed by atoms with van der Waals surface area (Å²) >= 11 is 10.7. The molecule has 0 amide bonds. The summed E-state index contributed by atoms with van der Waals surface area (Å²) in [7, 11) is 0. The van der Waals surface area contributed by atoms with E-state index in [0.717, 1.165) is 14.3 Å². The second-order valence-corrected chi connectivity index (χ2v) is 6.92. The van der Waals surface area contributed by atoms with Crippen molar-refractivity contribution in [1.82, 2.24) is 0 Å². The van der Waals surface area contributed by atoms with Crippen molar-refractivity contribution in [1.29, 1.82) is 0 Å². The van der Waals surface area contributed by atoms with Crippen LogP contribution in [0.25, 0.3) is 0 Å². The van der Waals surface area contributed by atoms with Gasteiger partial charge < -0.3 is 0 Å². The van der Waals surface area contributed by atoms with Crippen molar-refractivity contribution < 1.29 is 9.59 Å². The highest BCUT2D eigenvalue weighted by Crippen LogP contribution is 2.32. The fourth-order valence-electron chi connectivity index (χ4n) is 2.01. The molecule has 104 valence electrons. The van der Waals surface area contributed by atoms with Crippen molar-refractivity contribution in [2.75, 3.05) is 0 Å². The summed E-state index contributed by atoms with van der Waals surface area (Å²) in [6.07, 6.45) is 1.18. The smallest absolute Gasteiger partial charge is 0.205 e. The fraction of sp³-hybridized carbons (Fsp3) is 0. The van der Waals surface area contributed by atoms with Crippen LogP contribution in [0.1, 0.15) is 20.7 Å². The van der Waals surface area contributed by atoms with Crippen LogP contribution in [0, 0.1) is 0 Å². The molecule has 0 unspecified atom stereocenters. The number of ketones is 2. The number of allylic oxidation sites excluding steroid dienone is 2. The third kappa shape index (κ3) is 2.98. The summed E-state index contributed by atoms with van der Waals surface area (Å²) in [5.41, 5.74) is 0.777. The van der Waals surface area contributed by atoms with Crippen molar-refractivity contribution in [3.8, 4) is 0 Å². The molecule has 0 atom stereocenters. The van der Waals surface area contributed by atoms with Gasteiger partial charge in [-0.15, -0.1) is 0 Å². The van der Waals surface area contributed by atoms with E-state index in [1.807, 2.05) is 30.3 Å². The molecule has 0 N–H and O–H groups in total. The highest BCUT2D eigenvalue weighted by atomic mass is 79.9. The first-order valence-electron chi connectivity index (χ1n) is 6.08. The van der Waals surface area contributed by atoms with Crippen molar-refractivity contribution in [3.63, 3.8) is 0 Å². The highest BCUT2D eigenvalue weighted by molar-refractivity contribution is 9.10. The highest BCUT2D eigenvalue weighted by Gasteiger charge is 2.24. The summed E-state index contributed by atoms with van der Waals surface area (Å²) in [4.78, 5) is 25.8. The second kappa shape index (κ2) is 5.79. The maximum Gasteiger partial charge on any atom is 0.205 e. The van der Waals surface area contributed by atoms with E-state index >= 15 is 0 Å². The van der Waals surface area contributed by atoms with Gasteiger partial charge in [-0.25, -0.2) is 0 Å². The first-order chi connectivity index (χ1) is 10.0. The predicted octanol–water partition coefficient (Wildman–Crippen LogP) is 5.10. The summed E-state index contributed by atoms with van der Waals surface area (Å²) in [6.45, 7) is 0. The first-order valence-corrected chi connectivity index (χ1v) is 8.07. The SMILES string of the molecule is O=C1C=C(Cl)C(=O)c2ccc(Sc3ccc(Br)cc3)cc21. The van der Waals surface area contributed by atoms with Crippen molar-refractivity contribution in [2.24, 2.45) is 0 Å². The molecule has 0 aromatic heterocycles. The maximum absolute atomic E-state index is 12.0. The van der Waals surface area contributed by atoms with Crippen molar-refractivity contribution in [2.45, 2.75) is 9.79 Å². The molecule has 1 aliphatic rings. The van der Waals surface area contributed by atoms with E-state index in [0.29, 0.717) is 11.1 Å². The van der Waals surface area contributed by atoms with Crippen LogP contribution in [0.5, 0.6) is 0 Å². The average Bonchev–Trinajstić information content (AvgIpc) is 2.47. The number of fused-ring (bicyclic) bond motifs is 1. The molecule has 0 saturated heterocycles. The summed E-state index contributed by atoms with van der Waals surface area (Å²) < 4.78 is 1.01. The van der Waals surface area contributed by atoms with Gasteiger partial charge in [-0.1, -0.05) is 39.3 Å². The maximum atomic E-state index is 12.0. The van der Waals surface area contributed by atoms with E-state index in [1.54, 1.807) is 12.1 Å². The number of rotatable bonds is 2. The second-order valence-electron chi connectivity index (χ2n) is 4.45. The molecule has 2 nitrogen and oxygen atoms in total. The average molecular weight is 380 g/mol. The Morgan fingerprint density at radius 1 is 0.905 bits per heavy atom. The van der Waals surface area contributed by atoms with Gasteiger partial charge in [0.2, 0.25) is 5.78 Å². The number of carbonyl (C=O) groups is 2. The van der Waals surface area contributed by atoms with Crippen LogP contribution in [0.4, 0.5) is 0 Å². The summed E-state index contributed by atoms with van der Waals surface area (Å²) in [6, 6.07) is 13.1. The largest absolute Gasteiger partial charge is 0.289 e. The number of Topliss-reactive ketones (excluding diaryl/α,β-unsaturated/α-hetero) is 1. The molecule has 0 saturated carbocycles. The molecule has 0 heterocycles. The molecular formula is C16H8BrClO2S. The lowest BCUT2D eigenvalue weighted by atomic mass is 9.95. The molecule has 2 aromatic carbocycles. The van der Waals surface area contributed by atoms with Gasteiger partial charge in [-0.05, 0) is 42.5 Å². The van der Waals surface area contributed by atoms with E-state index in [2.05, 4.69) is 15.9 Å². The van der Waals surface area contributed by atoms with Crippen LogP contribution in [0.3, 0.4) is 0 Å². The molecule has 0 bridgehead atoms. The number of halogens is 2. The Labute approximate surface area is 139 Å². The Balaban J connectivity index is 1.94. The van der Waals surface area contributed by atoms with Crippen LogP contribution in [-0.2, 0) is 0 Å². The van der Waals surface area contributed by atoms with E-state index in [9.17, 15) is 9.59 Å². The lowest BCUT2D eigenvalue weighted by molar-refractivity contribution is 0.0990. The van der Waals surface area contributed by atoms with Gasteiger partial charge in [-0.2, -0.15) is 0 Å². The normalized spacial score (nSPS) is 13.9. The van der Waals surface area contributed by atoms with Crippen LogP contribution in [0.15, 0.2) is 67.8 Å². The van der Waals surface area contributed by atoms with E-state index in [-0.39, 0.29) is 16.6 Å². The number of carbonyl (C=O) groups excluding carboxylic acids is 2. The van der Waals surface area contributed by atoms with Gasteiger partial charge >= 0.3 is 0 Å². The topological polar surface area (TPSA) is 34.1 Å². The number of hydrogen-bond acceptors (Lipinski definition) is 3. The summed E-state index contributed by atoms with van der Waals surface area (Å²) in [5.74, 6) is -0.528. The van der Waals surface area contributed by atoms with Gasteiger partial charge in [0.05, 0.1) is 5.03 Å². The molecule has 5 heteroatoms. The minimum absolute atomic E-state index is 0.0270. The quantitative estimate of drug-likeness (QED) is 0.728. The number of benzene rings is 2. The van der Waals surface area contributed by atoms with Gasteiger partial charge in [0, 0.05) is 31.5 Å². The Hall–Kier alpha value is -1.36. The lowest BCUT2D eigenvalue weighted by Crippen LogP contribution is -2.14. The molecule has 1 aliphatic carbocycles. The van der Waals surface area contributed by atoms with Gasteiger partial charge in [0.1, 0.15) is 0 Å². The van der Waals surface area contributed by atoms with Crippen LogP contribution < -0.4 is 0 Å². The van der Waals surface area contributed by atoms with Gasteiger partial charge in [-0.3, -0.25) is 9.59 Å². The minimum atomic E-state index is -0.300. The van der Waals surface area contributed by atoms with E-state index < -0.39 is 0 Å². The van der Waals surface area contributed by atoms with Crippen molar-refractivity contribution >= 4 is 50.9 Å². The lowest BCUT2D eigenvalue weighted by Gasteiger charge is -2.12. The van der Waals surface area contributed by atoms with Gasteiger partial charge in [0.25, 0.3) is 0 Å². The van der Waals surface area contributed by atoms with Crippen LogP contribution >= 0.6 is 39.3 Å². The van der Waals surface area contributed by atoms with E-state index in [4.69, 9.17) is 11.6 Å². The fourth-order valence-corrected chi connectivity index (χ4v) is 3.34. The Morgan fingerprint density at radius 3 is 2.29 bits per heavy atom. The standard InChI is InChI=1S/C16H8BrClO2S/c17-9-1-3-10(4-2-9)21-11-5-6-12-13(7-11)15(19)8-14(18)16(12)20/h1-8H. The Kier molecular flexibility index (Phi) is 4.02. The third-order valence-electron chi connectivity index (χ3n) is 3.03. The molecule has 2 aromatic rings. The molecule has 0 spiro atoms.